The lowest BCUT2D eigenvalue weighted by Crippen LogP contribution is -2.35. The van der Waals surface area contributed by atoms with Gasteiger partial charge in [-0.05, 0) is 6.42 Å². The molecule has 0 aromatic carbocycles. The summed E-state index contributed by atoms with van der Waals surface area (Å²) in [4.78, 5) is 19.1. The fraction of sp³-hybridized carbons (Fsp3) is 0.500. The SMILES string of the molecule is CCCCC(N)C(=O)Nc1cncnc1. The molecule has 1 atom stereocenters. The van der Waals surface area contributed by atoms with Crippen molar-refractivity contribution in [3.8, 4) is 0 Å². The Morgan fingerprint density at radius 2 is 2.20 bits per heavy atom. The van der Waals surface area contributed by atoms with Crippen molar-refractivity contribution >= 4 is 11.6 Å². The number of nitrogens with zero attached hydrogens (tertiary/aromatic N) is 2. The monoisotopic (exact) mass is 208 g/mol. The van der Waals surface area contributed by atoms with Gasteiger partial charge in [0.2, 0.25) is 5.91 Å². The Labute approximate surface area is 89.1 Å². The molecule has 1 unspecified atom stereocenters. The van der Waals surface area contributed by atoms with Crippen LogP contribution in [-0.4, -0.2) is 21.9 Å². The molecule has 0 aliphatic carbocycles. The second kappa shape index (κ2) is 6.08. The lowest BCUT2D eigenvalue weighted by Gasteiger charge is -2.10. The lowest BCUT2D eigenvalue weighted by atomic mass is 10.1. The lowest BCUT2D eigenvalue weighted by molar-refractivity contribution is -0.117. The highest BCUT2D eigenvalue weighted by Gasteiger charge is 2.12. The molecule has 0 aliphatic heterocycles. The second-order valence-electron chi connectivity index (χ2n) is 3.37. The van der Waals surface area contributed by atoms with Crippen LogP contribution >= 0.6 is 0 Å². The molecule has 1 amide bonds. The van der Waals surface area contributed by atoms with Crippen LogP contribution in [0.25, 0.3) is 0 Å². The number of nitrogens with two attached hydrogens (primary N) is 1. The van der Waals surface area contributed by atoms with E-state index in [1.165, 1.54) is 18.7 Å². The summed E-state index contributed by atoms with van der Waals surface area (Å²) in [6.07, 6.45) is 7.19. The largest absolute Gasteiger partial charge is 0.322 e. The number of aromatic nitrogens is 2. The Hall–Kier alpha value is -1.49. The molecule has 0 fully saturated rings. The number of amides is 1. The third-order valence-corrected chi connectivity index (χ3v) is 2.03. The maximum atomic E-state index is 11.5. The van der Waals surface area contributed by atoms with Gasteiger partial charge in [-0.3, -0.25) is 4.79 Å². The summed E-state index contributed by atoms with van der Waals surface area (Å²) in [6, 6.07) is -0.454. The number of nitrogens with one attached hydrogen (secondary N) is 1. The van der Waals surface area contributed by atoms with Gasteiger partial charge in [-0.2, -0.15) is 0 Å². The Morgan fingerprint density at radius 1 is 1.53 bits per heavy atom. The Balaban J connectivity index is 2.42. The van der Waals surface area contributed by atoms with Crippen molar-refractivity contribution < 1.29 is 4.79 Å². The molecule has 0 saturated heterocycles. The van der Waals surface area contributed by atoms with E-state index in [4.69, 9.17) is 5.73 Å². The summed E-state index contributed by atoms with van der Waals surface area (Å²) in [7, 11) is 0. The van der Waals surface area contributed by atoms with Gasteiger partial charge in [0, 0.05) is 0 Å². The molecule has 1 aromatic heterocycles. The highest BCUT2D eigenvalue weighted by molar-refractivity contribution is 5.94. The van der Waals surface area contributed by atoms with Gasteiger partial charge in [-0.1, -0.05) is 19.8 Å². The number of carbonyl (C=O) groups is 1. The number of hydrogen-bond acceptors (Lipinski definition) is 4. The van der Waals surface area contributed by atoms with Crippen LogP contribution in [0.1, 0.15) is 26.2 Å². The zero-order valence-electron chi connectivity index (χ0n) is 8.81. The number of anilines is 1. The van der Waals surface area contributed by atoms with Gasteiger partial charge in [-0.25, -0.2) is 9.97 Å². The quantitative estimate of drug-likeness (QED) is 0.754. The van der Waals surface area contributed by atoms with E-state index in [2.05, 4.69) is 22.2 Å². The summed E-state index contributed by atoms with van der Waals surface area (Å²) < 4.78 is 0. The van der Waals surface area contributed by atoms with Crippen LogP contribution in [-0.2, 0) is 4.79 Å². The van der Waals surface area contributed by atoms with Crippen LogP contribution < -0.4 is 11.1 Å². The van der Waals surface area contributed by atoms with E-state index in [9.17, 15) is 4.79 Å². The number of hydrogen-bond donors (Lipinski definition) is 2. The van der Waals surface area contributed by atoms with Crippen LogP contribution in [0.2, 0.25) is 0 Å². The molecule has 15 heavy (non-hydrogen) atoms. The Morgan fingerprint density at radius 3 is 2.80 bits per heavy atom. The molecule has 1 heterocycles. The maximum absolute atomic E-state index is 11.5. The van der Waals surface area contributed by atoms with Gasteiger partial charge < -0.3 is 11.1 Å². The summed E-state index contributed by atoms with van der Waals surface area (Å²) >= 11 is 0. The second-order valence-corrected chi connectivity index (χ2v) is 3.37. The van der Waals surface area contributed by atoms with E-state index >= 15 is 0 Å². The van der Waals surface area contributed by atoms with E-state index in [-0.39, 0.29) is 5.91 Å². The Bertz CT molecular complexity index is 302. The molecule has 0 saturated carbocycles. The van der Waals surface area contributed by atoms with E-state index in [1.807, 2.05) is 0 Å². The van der Waals surface area contributed by atoms with Gasteiger partial charge >= 0.3 is 0 Å². The van der Waals surface area contributed by atoms with E-state index in [1.54, 1.807) is 0 Å². The zero-order valence-corrected chi connectivity index (χ0v) is 8.81. The fourth-order valence-corrected chi connectivity index (χ4v) is 1.15. The third-order valence-electron chi connectivity index (χ3n) is 2.03. The molecule has 82 valence electrons. The van der Waals surface area contributed by atoms with Gasteiger partial charge in [-0.15, -0.1) is 0 Å². The van der Waals surface area contributed by atoms with E-state index in [0.29, 0.717) is 12.1 Å². The average Bonchev–Trinajstić information content (AvgIpc) is 2.27. The molecule has 1 aromatic rings. The molecule has 1 rings (SSSR count). The van der Waals surface area contributed by atoms with Crippen LogP contribution in [0.3, 0.4) is 0 Å². The minimum atomic E-state index is -0.454. The molecule has 0 spiro atoms. The number of rotatable bonds is 5. The number of carbonyl (C=O) groups excluding carboxylic acids is 1. The molecular weight excluding hydrogens is 192 g/mol. The minimum Gasteiger partial charge on any atom is -0.322 e. The summed E-state index contributed by atoms with van der Waals surface area (Å²) in [5.41, 5.74) is 6.28. The van der Waals surface area contributed by atoms with Crippen LogP contribution in [0.15, 0.2) is 18.7 Å². The third kappa shape index (κ3) is 4.03. The van der Waals surface area contributed by atoms with E-state index in [0.717, 1.165) is 12.8 Å². The molecule has 0 bridgehead atoms. The van der Waals surface area contributed by atoms with Gasteiger partial charge in [0.25, 0.3) is 0 Å². The molecule has 0 radical (unpaired) electrons. The highest BCUT2D eigenvalue weighted by atomic mass is 16.2. The first kappa shape index (κ1) is 11.6. The standard InChI is InChI=1S/C10H16N4O/c1-2-3-4-9(11)10(15)14-8-5-12-7-13-6-8/h5-7,9H,2-4,11H2,1H3,(H,14,15). The normalized spacial score (nSPS) is 12.1. The molecule has 3 N–H and O–H groups in total. The van der Waals surface area contributed by atoms with Crippen molar-refractivity contribution in [2.24, 2.45) is 5.73 Å². The van der Waals surface area contributed by atoms with Gasteiger partial charge in [0.05, 0.1) is 24.1 Å². The van der Waals surface area contributed by atoms with Crippen molar-refractivity contribution in [2.75, 3.05) is 5.32 Å². The van der Waals surface area contributed by atoms with Crippen molar-refractivity contribution in [1.29, 1.82) is 0 Å². The first-order valence-corrected chi connectivity index (χ1v) is 5.05. The van der Waals surface area contributed by atoms with Crippen molar-refractivity contribution in [2.45, 2.75) is 32.2 Å². The minimum absolute atomic E-state index is 0.182. The van der Waals surface area contributed by atoms with Crippen LogP contribution in [0.4, 0.5) is 5.69 Å². The zero-order chi connectivity index (χ0) is 11.1. The fourth-order valence-electron chi connectivity index (χ4n) is 1.15. The van der Waals surface area contributed by atoms with Crippen molar-refractivity contribution in [3.05, 3.63) is 18.7 Å². The smallest absolute Gasteiger partial charge is 0.241 e. The Kier molecular flexibility index (Phi) is 4.70. The highest BCUT2D eigenvalue weighted by Crippen LogP contribution is 2.04. The summed E-state index contributed by atoms with van der Waals surface area (Å²) in [6.45, 7) is 2.07. The van der Waals surface area contributed by atoms with Gasteiger partial charge in [0.1, 0.15) is 6.33 Å². The predicted octanol–water partition coefficient (Wildman–Crippen LogP) is 0.933. The predicted molar refractivity (Wildman–Crippen MR) is 58.2 cm³/mol. The van der Waals surface area contributed by atoms with E-state index < -0.39 is 6.04 Å². The van der Waals surface area contributed by atoms with Crippen LogP contribution in [0.5, 0.6) is 0 Å². The summed E-state index contributed by atoms with van der Waals surface area (Å²) in [5.74, 6) is -0.182. The van der Waals surface area contributed by atoms with Crippen molar-refractivity contribution in [3.63, 3.8) is 0 Å². The molecular formula is C10H16N4O. The van der Waals surface area contributed by atoms with Gasteiger partial charge in [0.15, 0.2) is 0 Å². The van der Waals surface area contributed by atoms with Crippen LogP contribution in [0, 0.1) is 0 Å². The molecule has 0 aliphatic rings. The topological polar surface area (TPSA) is 80.9 Å². The maximum Gasteiger partial charge on any atom is 0.241 e. The number of unbranched alkanes of at least 4 members (excludes halogenated alkanes) is 1. The first-order valence-electron chi connectivity index (χ1n) is 5.05. The van der Waals surface area contributed by atoms with Crippen molar-refractivity contribution in [1.82, 2.24) is 9.97 Å². The molecule has 5 heteroatoms. The first-order chi connectivity index (χ1) is 7.24. The summed E-state index contributed by atoms with van der Waals surface area (Å²) in [5, 5.41) is 2.66. The molecule has 5 nitrogen and oxygen atoms in total. The average molecular weight is 208 g/mol.